The van der Waals surface area contributed by atoms with Crippen LogP contribution in [0.25, 0.3) is 17.0 Å². The van der Waals surface area contributed by atoms with Crippen LogP contribution in [0.5, 0.6) is 0 Å². The van der Waals surface area contributed by atoms with E-state index < -0.39 is 5.60 Å². The lowest BCUT2D eigenvalue weighted by Crippen LogP contribution is -2.32. The van der Waals surface area contributed by atoms with Crippen molar-refractivity contribution in [2.75, 3.05) is 6.61 Å². The van der Waals surface area contributed by atoms with Crippen molar-refractivity contribution in [3.63, 3.8) is 0 Å². The van der Waals surface area contributed by atoms with Gasteiger partial charge in [-0.3, -0.25) is 0 Å². The van der Waals surface area contributed by atoms with E-state index in [1.807, 2.05) is 58.9 Å². The number of para-hydroxylation sites is 1. The van der Waals surface area contributed by atoms with Crippen molar-refractivity contribution >= 4 is 45.0 Å². The third kappa shape index (κ3) is 48.9. The minimum Gasteiger partial charge on any atom is -0.463 e. The summed E-state index contributed by atoms with van der Waals surface area (Å²) in [4.78, 5) is 25.4. The molecule has 0 spiro atoms. The maximum Gasteiger partial charge on any atom is 0.407 e. The fraction of sp³-hybridized carbons (Fsp3) is 0.483. The van der Waals surface area contributed by atoms with Crippen molar-refractivity contribution in [1.29, 1.82) is 0 Å². The molecular weight excluding hydrogens is 1240 g/mol. The van der Waals surface area contributed by atoms with Crippen LogP contribution in [-0.4, -0.2) is 29.3 Å². The fourth-order valence-corrected chi connectivity index (χ4v) is 10.2. The van der Waals surface area contributed by atoms with E-state index >= 15 is 0 Å². The normalized spacial score (nSPS) is 12.4. The van der Waals surface area contributed by atoms with Gasteiger partial charge in [0.25, 0.3) is 0 Å². The van der Waals surface area contributed by atoms with E-state index in [0.29, 0.717) is 30.9 Å². The number of benzene rings is 6. The quantitative estimate of drug-likeness (QED) is 0.0403. The summed E-state index contributed by atoms with van der Waals surface area (Å²) in [5.74, 6) is 6.26. The van der Waals surface area contributed by atoms with E-state index in [4.69, 9.17) is 4.74 Å². The summed E-state index contributed by atoms with van der Waals surface area (Å²) in [6.07, 6.45) is 28.3. The largest absolute Gasteiger partial charge is 0.463 e. The molecule has 8 rings (SSSR count). The van der Waals surface area contributed by atoms with Crippen LogP contribution in [0.1, 0.15) is 228 Å². The van der Waals surface area contributed by atoms with Crippen molar-refractivity contribution in [2.45, 2.75) is 227 Å². The van der Waals surface area contributed by atoms with Crippen LogP contribution >= 0.6 is 15.9 Å². The highest BCUT2D eigenvalue weighted by Gasteiger charge is 2.16. The average molecular weight is 1370 g/mol. The van der Waals surface area contributed by atoms with E-state index in [9.17, 15) is 9.59 Å². The summed E-state index contributed by atoms with van der Waals surface area (Å²) in [6.45, 7) is 43.7. The van der Waals surface area contributed by atoms with Gasteiger partial charge in [-0.1, -0.05) is 316 Å². The van der Waals surface area contributed by atoms with Gasteiger partial charge in [-0.15, -0.1) is 0 Å². The first-order valence-electron chi connectivity index (χ1n) is 36.2. The summed E-state index contributed by atoms with van der Waals surface area (Å²) in [6, 6.07) is 57.0. The number of allylic oxidation sites excluding steroid dienone is 4. The maximum absolute atomic E-state index is 11.5. The standard InChI is InChI=1S/C15H23NO2.C14H19N.C12H18.C11H14.C10H13Br.C10H14.C9H16.C8H14O2/c1-11(2)13-8-6-12(7-9-13)10-16-14(17)18-15(3,4)5;1-11(2)6-5-7-12-10-15-14-9-4-3-8-13(12)14;1-11(2)7-6-10-12-8-4-3-5-9-12;1-10(2)8-9-11-6-4-3-5-7-11;1-8(2)7-9-3-5-10(11)6-4-9;1-9(2)8-10-6-4-3-5-7-10;1-8(2)7-9-5-3-4-6-9;1-4-10-8(9)6-5-7(2)3/h6-9,11H,10H2,1-5H3,(H,16,17);3-4,8-11,15H,5-7H2,1-2H3;3-5,8-9,11H,6-7,10H2,1-2H3;3-10H,1-2H3;3-6,8H,7H2,1-2H3;3-7,9H,8H2,1-2H3;3,5,8-9H,4,6-7H2,1-2H3;5-7H,4H2,1-3H3/b;;;9-8+;;;;6-5+. The van der Waals surface area contributed by atoms with E-state index in [2.05, 4.69) is 304 Å². The zero-order valence-corrected chi connectivity index (χ0v) is 65.1. The molecule has 6 nitrogen and oxygen atoms in total. The molecule has 2 N–H and O–H groups in total. The smallest absolute Gasteiger partial charge is 0.407 e. The van der Waals surface area contributed by atoms with Crippen LogP contribution in [0.4, 0.5) is 4.79 Å². The molecule has 0 radical (unpaired) electrons. The molecular formula is C89H131BrN2O4. The second kappa shape index (κ2) is 52.4. The number of H-pyrrole nitrogens is 1. The van der Waals surface area contributed by atoms with Gasteiger partial charge >= 0.3 is 12.1 Å². The third-order valence-electron chi connectivity index (χ3n) is 14.8. The van der Waals surface area contributed by atoms with Gasteiger partial charge in [0.2, 0.25) is 0 Å². The Morgan fingerprint density at radius 2 is 1.07 bits per heavy atom. The SMILES string of the molecule is CC(C)/C=C/c1ccccc1.CC(C)CC1C=CCC1.CC(C)CCCc1c[nH]c2ccccc12.CC(C)CCCc1ccccc1.CC(C)Cc1ccc(Br)cc1.CC(C)Cc1ccccc1.CC(C)c1ccc(CNC(=O)OC(C)(C)C)cc1.CCOC(=O)/C=C/C(C)C. The minimum atomic E-state index is -0.453. The molecule has 1 heterocycles. The molecule has 0 saturated carbocycles. The molecule has 1 aromatic heterocycles. The minimum absolute atomic E-state index is 0.254. The average Bonchev–Trinajstić information content (AvgIpc) is 1.71. The van der Waals surface area contributed by atoms with Crippen LogP contribution in [0.3, 0.4) is 0 Å². The lowest BCUT2D eigenvalue weighted by atomic mass is 9.97. The number of carbonyl (C=O) groups is 2. The predicted octanol–water partition coefficient (Wildman–Crippen LogP) is 26.3. The molecule has 0 saturated heterocycles. The fourth-order valence-electron chi connectivity index (χ4n) is 9.91. The van der Waals surface area contributed by atoms with E-state index in [-0.39, 0.29) is 12.1 Å². The van der Waals surface area contributed by atoms with E-state index in [1.54, 1.807) is 6.92 Å². The number of aromatic amines is 1. The first kappa shape index (κ1) is 87.3. The second-order valence-electron chi connectivity index (χ2n) is 29.2. The number of carbonyl (C=O) groups excluding carboxylic acids is 2. The molecule has 7 aromatic rings. The number of amides is 1. The van der Waals surface area contributed by atoms with E-state index in [0.717, 1.165) is 45.5 Å². The highest BCUT2D eigenvalue weighted by Crippen LogP contribution is 2.24. The highest BCUT2D eigenvalue weighted by molar-refractivity contribution is 9.10. The monoisotopic (exact) mass is 1370 g/mol. The Bertz CT molecular complexity index is 3090. The Labute approximate surface area is 595 Å². The molecule has 96 heavy (non-hydrogen) atoms. The Balaban J connectivity index is 0.000000554. The van der Waals surface area contributed by atoms with Gasteiger partial charge < -0.3 is 19.8 Å². The number of hydrogen-bond donors (Lipinski definition) is 2. The number of alkyl carbamates (subject to hydrolysis) is 1. The summed E-state index contributed by atoms with van der Waals surface area (Å²) < 4.78 is 11.0. The number of aryl methyl sites for hydroxylation is 2. The van der Waals surface area contributed by atoms with Crippen molar-refractivity contribution in [3.05, 3.63) is 244 Å². The van der Waals surface area contributed by atoms with Crippen molar-refractivity contribution in [1.82, 2.24) is 10.3 Å². The number of aromatic nitrogens is 1. The van der Waals surface area contributed by atoms with Gasteiger partial charge in [0.05, 0.1) is 6.61 Å². The molecule has 528 valence electrons. The van der Waals surface area contributed by atoms with Gasteiger partial charge in [-0.2, -0.15) is 0 Å². The first-order chi connectivity index (χ1) is 45.5. The molecule has 1 unspecified atom stereocenters. The summed E-state index contributed by atoms with van der Waals surface area (Å²) in [5.41, 5.74) is 10.3. The summed E-state index contributed by atoms with van der Waals surface area (Å²) in [7, 11) is 0. The number of nitrogens with one attached hydrogen (secondary N) is 2. The van der Waals surface area contributed by atoms with Crippen LogP contribution < -0.4 is 5.32 Å². The van der Waals surface area contributed by atoms with E-state index in [1.165, 1.54) is 121 Å². The number of halogens is 1. The first-order valence-corrected chi connectivity index (χ1v) is 37.0. The molecule has 1 aliphatic carbocycles. The number of ether oxygens (including phenoxy) is 2. The summed E-state index contributed by atoms with van der Waals surface area (Å²) >= 11 is 3.41. The molecule has 1 aliphatic rings. The molecule has 7 heteroatoms. The van der Waals surface area contributed by atoms with Gasteiger partial charge in [-0.05, 0) is 196 Å². The van der Waals surface area contributed by atoms with Crippen LogP contribution in [0.2, 0.25) is 0 Å². The number of fused-ring (bicyclic) bond motifs is 1. The van der Waals surface area contributed by atoms with Crippen LogP contribution in [0.15, 0.2) is 205 Å². The molecule has 1 atom stereocenters. The van der Waals surface area contributed by atoms with Gasteiger partial charge in [0.15, 0.2) is 0 Å². The Kier molecular flexibility index (Phi) is 47.7. The summed E-state index contributed by atoms with van der Waals surface area (Å²) in [5, 5.41) is 4.13. The lowest BCUT2D eigenvalue weighted by Gasteiger charge is -2.19. The van der Waals surface area contributed by atoms with Gasteiger partial charge in [0, 0.05) is 34.2 Å². The predicted molar refractivity (Wildman–Crippen MR) is 424 cm³/mol. The van der Waals surface area contributed by atoms with Gasteiger partial charge in [0.1, 0.15) is 5.60 Å². The highest BCUT2D eigenvalue weighted by atomic mass is 79.9. The maximum atomic E-state index is 11.5. The number of rotatable bonds is 22. The lowest BCUT2D eigenvalue weighted by molar-refractivity contribution is -0.137. The molecule has 1 amide bonds. The second-order valence-corrected chi connectivity index (χ2v) is 30.2. The van der Waals surface area contributed by atoms with Crippen molar-refractivity contribution in [3.8, 4) is 0 Å². The number of hydrogen-bond acceptors (Lipinski definition) is 4. The number of esters is 1. The van der Waals surface area contributed by atoms with Crippen molar-refractivity contribution < 1.29 is 19.1 Å². The molecule has 0 aliphatic heterocycles. The molecule has 0 bridgehead atoms. The Morgan fingerprint density at radius 3 is 1.55 bits per heavy atom. The Hall–Kier alpha value is -6.70. The topological polar surface area (TPSA) is 80.4 Å². The van der Waals surface area contributed by atoms with Crippen molar-refractivity contribution in [2.24, 2.45) is 47.3 Å². The van der Waals surface area contributed by atoms with Crippen LogP contribution in [-0.2, 0) is 46.5 Å². The van der Waals surface area contributed by atoms with Gasteiger partial charge in [-0.25, -0.2) is 9.59 Å². The molecule has 6 aromatic carbocycles. The zero-order chi connectivity index (χ0) is 71.7. The third-order valence-corrected chi connectivity index (χ3v) is 15.3. The van der Waals surface area contributed by atoms with Crippen LogP contribution in [0, 0.1) is 47.3 Å². The zero-order valence-electron chi connectivity index (χ0n) is 63.5. The Morgan fingerprint density at radius 1 is 0.573 bits per heavy atom. The molecule has 0 fully saturated rings.